The van der Waals surface area contributed by atoms with E-state index >= 15 is 0 Å². The van der Waals surface area contributed by atoms with Crippen molar-refractivity contribution in [3.8, 4) is 0 Å². The molecule has 1 aliphatic carbocycles. The standard InChI is InChI=1S/C8H14O2.C2H2O/c1-2-4-8(5-3-1)9-6-7-10-8;1-2-3/h1-7H2;1H2. The summed E-state index contributed by atoms with van der Waals surface area (Å²) in [5.74, 6) is 1.12. The summed E-state index contributed by atoms with van der Waals surface area (Å²) in [5.41, 5.74) is 0. The normalized spacial score (nSPS) is 24.6. The zero-order valence-electron chi connectivity index (χ0n) is 7.88. The van der Waals surface area contributed by atoms with Gasteiger partial charge in [0.1, 0.15) is 5.94 Å². The molecule has 2 rings (SSSR count). The van der Waals surface area contributed by atoms with Crippen molar-refractivity contribution >= 4 is 5.94 Å². The number of hydrogen-bond donors (Lipinski definition) is 0. The van der Waals surface area contributed by atoms with Crippen molar-refractivity contribution in [1.29, 1.82) is 0 Å². The van der Waals surface area contributed by atoms with Gasteiger partial charge in [-0.1, -0.05) is 6.42 Å². The highest BCUT2D eigenvalue weighted by Crippen LogP contribution is 2.35. The third kappa shape index (κ3) is 2.96. The van der Waals surface area contributed by atoms with Crippen LogP contribution in [0.2, 0.25) is 0 Å². The second-order valence-electron chi connectivity index (χ2n) is 3.31. The Morgan fingerprint density at radius 1 is 1.08 bits per heavy atom. The van der Waals surface area contributed by atoms with Crippen LogP contribution in [0.5, 0.6) is 0 Å². The molecule has 74 valence electrons. The Morgan fingerprint density at radius 2 is 1.54 bits per heavy atom. The lowest BCUT2D eigenvalue weighted by atomic mass is 9.94. The molecular weight excluding hydrogens is 168 g/mol. The average molecular weight is 184 g/mol. The van der Waals surface area contributed by atoms with E-state index in [4.69, 9.17) is 14.3 Å². The van der Waals surface area contributed by atoms with Gasteiger partial charge in [0, 0.05) is 12.8 Å². The fourth-order valence-electron chi connectivity index (χ4n) is 1.88. The van der Waals surface area contributed by atoms with Gasteiger partial charge in [0.15, 0.2) is 5.79 Å². The highest BCUT2D eigenvalue weighted by atomic mass is 16.7. The topological polar surface area (TPSA) is 35.5 Å². The maximum atomic E-state index is 8.57. The van der Waals surface area contributed by atoms with E-state index in [1.54, 1.807) is 0 Å². The van der Waals surface area contributed by atoms with Crippen LogP contribution in [-0.2, 0) is 14.3 Å². The minimum atomic E-state index is -0.127. The summed E-state index contributed by atoms with van der Waals surface area (Å²) in [7, 11) is 0. The molecule has 0 radical (unpaired) electrons. The third-order valence-electron chi connectivity index (χ3n) is 2.43. The second-order valence-corrected chi connectivity index (χ2v) is 3.31. The molecule has 2 fully saturated rings. The van der Waals surface area contributed by atoms with Crippen molar-refractivity contribution in [2.75, 3.05) is 13.2 Å². The summed E-state index contributed by atoms with van der Waals surface area (Å²) in [4.78, 5) is 8.57. The van der Waals surface area contributed by atoms with Crippen molar-refractivity contribution < 1.29 is 14.3 Å². The molecule has 13 heavy (non-hydrogen) atoms. The number of rotatable bonds is 0. The Labute approximate surface area is 78.7 Å². The smallest absolute Gasteiger partial charge is 0.168 e. The van der Waals surface area contributed by atoms with E-state index in [1.807, 2.05) is 0 Å². The van der Waals surface area contributed by atoms with Gasteiger partial charge in [0.25, 0.3) is 0 Å². The minimum absolute atomic E-state index is 0.127. The van der Waals surface area contributed by atoms with Gasteiger partial charge in [-0.25, -0.2) is 4.79 Å². The number of ether oxygens (including phenoxy) is 2. The molecule has 0 bridgehead atoms. The molecule has 0 unspecified atom stereocenters. The molecule has 0 amide bonds. The van der Waals surface area contributed by atoms with Crippen molar-refractivity contribution in [3.63, 3.8) is 0 Å². The quantitative estimate of drug-likeness (QED) is 0.537. The molecule has 1 spiro atoms. The molecule has 3 nitrogen and oxygen atoms in total. The van der Waals surface area contributed by atoms with Gasteiger partial charge in [0.05, 0.1) is 13.2 Å². The fourth-order valence-corrected chi connectivity index (χ4v) is 1.88. The molecule has 1 aliphatic heterocycles. The van der Waals surface area contributed by atoms with Crippen molar-refractivity contribution in [1.82, 2.24) is 0 Å². The first-order chi connectivity index (χ1) is 6.33. The molecule has 2 aliphatic rings. The van der Waals surface area contributed by atoms with Crippen molar-refractivity contribution in [3.05, 3.63) is 6.58 Å². The lowest BCUT2D eigenvalue weighted by Gasteiger charge is -2.30. The summed E-state index contributed by atoms with van der Waals surface area (Å²) in [6.45, 7) is 4.29. The Hall–Kier alpha value is -0.630. The van der Waals surface area contributed by atoms with Crippen LogP contribution in [0.15, 0.2) is 6.58 Å². The van der Waals surface area contributed by atoms with Gasteiger partial charge in [-0.05, 0) is 19.4 Å². The van der Waals surface area contributed by atoms with Crippen LogP contribution in [0.25, 0.3) is 0 Å². The van der Waals surface area contributed by atoms with Gasteiger partial charge in [0.2, 0.25) is 0 Å². The highest BCUT2D eigenvalue weighted by molar-refractivity contribution is 5.38. The van der Waals surface area contributed by atoms with Gasteiger partial charge in [-0.15, -0.1) is 0 Å². The molecule has 1 heterocycles. The first-order valence-electron chi connectivity index (χ1n) is 4.75. The molecule has 0 atom stereocenters. The monoisotopic (exact) mass is 184 g/mol. The van der Waals surface area contributed by atoms with E-state index in [0.717, 1.165) is 26.1 Å². The van der Waals surface area contributed by atoms with Crippen molar-refractivity contribution in [2.24, 2.45) is 0 Å². The summed E-state index contributed by atoms with van der Waals surface area (Å²) in [6, 6.07) is 0. The maximum Gasteiger partial charge on any atom is 0.168 e. The SMILES string of the molecule is C1CCC2(CC1)OCCO2.C=C=O. The average Bonchev–Trinajstić information content (AvgIpc) is 2.56. The van der Waals surface area contributed by atoms with Crippen LogP contribution >= 0.6 is 0 Å². The molecule has 0 N–H and O–H groups in total. The lowest BCUT2D eigenvalue weighted by Crippen LogP contribution is -2.32. The van der Waals surface area contributed by atoms with Crippen LogP contribution in [0, 0.1) is 0 Å². The molecule has 0 aromatic heterocycles. The predicted octanol–water partition coefficient (Wildman–Crippen LogP) is 1.70. The molecule has 1 saturated carbocycles. The van der Waals surface area contributed by atoms with Crippen LogP contribution in [0.4, 0.5) is 0 Å². The van der Waals surface area contributed by atoms with Crippen LogP contribution in [0.3, 0.4) is 0 Å². The summed E-state index contributed by atoms with van der Waals surface area (Å²) in [5, 5.41) is 0. The third-order valence-corrected chi connectivity index (χ3v) is 2.43. The minimum Gasteiger partial charge on any atom is -0.348 e. The Balaban J connectivity index is 0.000000251. The first kappa shape index (κ1) is 10.5. The van der Waals surface area contributed by atoms with Crippen LogP contribution in [-0.4, -0.2) is 24.9 Å². The summed E-state index contributed by atoms with van der Waals surface area (Å²) >= 11 is 0. The Bertz CT molecular complexity index is 169. The van der Waals surface area contributed by atoms with Crippen LogP contribution < -0.4 is 0 Å². The summed E-state index contributed by atoms with van der Waals surface area (Å²) in [6.07, 6.45) is 6.15. The van der Waals surface area contributed by atoms with Gasteiger partial charge in [-0.2, -0.15) is 0 Å². The van der Waals surface area contributed by atoms with Crippen molar-refractivity contribution in [2.45, 2.75) is 37.9 Å². The van der Waals surface area contributed by atoms with Crippen LogP contribution in [0.1, 0.15) is 32.1 Å². The molecule has 0 aromatic rings. The predicted molar refractivity (Wildman–Crippen MR) is 49.0 cm³/mol. The van der Waals surface area contributed by atoms with E-state index in [9.17, 15) is 0 Å². The molecule has 1 saturated heterocycles. The first-order valence-corrected chi connectivity index (χ1v) is 4.75. The highest BCUT2D eigenvalue weighted by Gasteiger charge is 2.37. The number of hydrogen-bond acceptors (Lipinski definition) is 3. The lowest BCUT2D eigenvalue weighted by molar-refractivity contribution is -0.176. The molecule has 3 heteroatoms. The second kappa shape index (κ2) is 5.18. The molecular formula is C10H16O3. The summed E-state index contributed by atoms with van der Waals surface area (Å²) < 4.78 is 11.1. The zero-order valence-corrected chi connectivity index (χ0v) is 7.88. The van der Waals surface area contributed by atoms with Gasteiger partial charge < -0.3 is 9.47 Å². The fraction of sp³-hybridized carbons (Fsp3) is 0.800. The largest absolute Gasteiger partial charge is 0.348 e. The van der Waals surface area contributed by atoms with E-state index < -0.39 is 0 Å². The van der Waals surface area contributed by atoms with E-state index in [1.165, 1.54) is 25.2 Å². The van der Waals surface area contributed by atoms with E-state index in [-0.39, 0.29) is 5.79 Å². The van der Waals surface area contributed by atoms with E-state index in [0.29, 0.717) is 0 Å². The Morgan fingerprint density at radius 3 is 2.00 bits per heavy atom. The van der Waals surface area contributed by atoms with Gasteiger partial charge >= 0.3 is 0 Å². The Kier molecular flexibility index (Phi) is 4.16. The molecule has 0 aromatic carbocycles. The zero-order chi connectivity index (χ0) is 9.57. The van der Waals surface area contributed by atoms with E-state index in [2.05, 4.69) is 6.58 Å². The van der Waals surface area contributed by atoms with Gasteiger partial charge in [-0.3, -0.25) is 0 Å². The number of carbonyl (C=O) groups excluding carboxylic acids is 1. The maximum absolute atomic E-state index is 8.57.